The van der Waals surface area contributed by atoms with Crippen LogP contribution in [0.2, 0.25) is 0 Å². The monoisotopic (exact) mass is 235 g/mol. The molecule has 1 aliphatic heterocycles. The zero-order valence-corrected chi connectivity index (χ0v) is 10.7. The summed E-state index contributed by atoms with van der Waals surface area (Å²) in [6.07, 6.45) is 1.69. The van der Waals surface area contributed by atoms with Crippen LogP contribution in [-0.4, -0.2) is 42.7 Å². The van der Waals surface area contributed by atoms with Crippen molar-refractivity contribution in [1.29, 1.82) is 0 Å². The molecule has 0 N–H and O–H groups in total. The fourth-order valence-corrected chi connectivity index (χ4v) is 3.01. The predicted octanol–water partition coefficient (Wildman–Crippen LogP) is 2.92. The Labute approximate surface area is 97.0 Å². The molecule has 1 rings (SSSR count). The summed E-state index contributed by atoms with van der Waals surface area (Å²) in [6, 6.07) is 0.292. The number of hydrogen-bond donors (Lipinski definition) is 0. The van der Waals surface area contributed by atoms with E-state index in [1.54, 1.807) is 7.11 Å². The van der Waals surface area contributed by atoms with Crippen molar-refractivity contribution >= 4 is 0 Å². The third kappa shape index (κ3) is 3.14. The summed E-state index contributed by atoms with van der Waals surface area (Å²) >= 11 is 0. The maximum absolute atomic E-state index is 13.3. The first kappa shape index (κ1) is 13.8. The average molecular weight is 235 g/mol. The summed E-state index contributed by atoms with van der Waals surface area (Å²) in [5.74, 6) is -2.63. The molecule has 1 heterocycles. The van der Waals surface area contributed by atoms with Crippen LogP contribution in [0.25, 0.3) is 0 Å². The molecule has 0 aromatic rings. The van der Waals surface area contributed by atoms with Gasteiger partial charge < -0.3 is 4.74 Å². The smallest absolute Gasteiger partial charge is 0.247 e. The third-order valence-electron chi connectivity index (χ3n) is 3.33. The van der Waals surface area contributed by atoms with Crippen molar-refractivity contribution in [3.05, 3.63) is 0 Å². The Hall–Kier alpha value is -0.220. The third-order valence-corrected chi connectivity index (χ3v) is 3.33. The lowest BCUT2D eigenvalue weighted by Gasteiger charge is -2.42. The predicted molar refractivity (Wildman–Crippen MR) is 60.9 cm³/mol. The largest absolute Gasteiger partial charge is 0.383 e. The van der Waals surface area contributed by atoms with Crippen LogP contribution in [0.5, 0.6) is 0 Å². The highest BCUT2D eigenvalue weighted by atomic mass is 19.3. The lowest BCUT2D eigenvalue weighted by Crippen LogP contribution is -2.53. The molecule has 1 atom stereocenters. The molecule has 16 heavy (non-hydrogen) atoms. The van der Waals surface area contributed by atoms with Gasteiger partial charge in [0.25, 0.3) is 0 Å². The molecule has 1 fully saturated rings. The number of likely N-dealkylation sites (tertiary alicyclic amines) is 1. The van der Waals surface area contributed by atoms with Crippen LogP contribution in [0.1, 0.15) is 40.0 Å². The van der Waals surface area contributed by atoms with Crippen LogP contribution in [-0.2, 0) is 4.74 Å². The topological polar surface area (TPSA) is 12.5 Å². The van der Waals surface area contributed by atoms with Crippen LogP contribution in [0.15, 0.2) is 0 Å². The van der Waals surface area contributed by atoms with Crippen LogP contribution in [0.4, 0.5) is 8.78 Å². The van der Waals surface area contributed by atoms with Crippen molar-refractivity contribution in [3.63, 3.8) is 0 Å². The van der Waals surface area contributed by atoms with Gasteiger partial charge in [0, 0.05) is 19.6 Å². The Morgan fingerprint density at radius 2 is 2.06 bits per heavy atom. The zero-order chi connectivity index (χ0) is 12.4. The second-order valence-corrected chi connectivity index (χ2v) is 5.30. The second-order valence-electron chi connectivity index (χ2n) is 5.30. The molecular formula is C12H23F2NO. The van der Waals surface area contributed by atoms with E-state index in [9.17, 15) is 8.78 Å². The van der Waals surface area contributed by atoms with E-state index in [0.29, 0.717) is 12.6 Å². The first-order chi connectivity index (χ1) is 7.31. The van der Waals surface area contributed by atoms with Gasteiger partial charge in [-0.3, -0.25) is 4.90 Å². The Balaban J connectivity index is 2.86. The first-order valence-electron chi connectivity index (χ1n) is 5.94. The van der Waals surface area contributed by atoms with Crippen molar-refractivity contribution in [2.45, 2.75) is 57.5 Å². The Kier molecular flexibility index (Phi) is 4.29. The minimum Gasteiger partial charge on any atom is -0.383 e. The molecular weight excluding hydrogens is 212 g/mol. The molecule has 0 radical (unpaired) electrons. The minimum absolute atomic E-state index is 0.105. The SMILES string of the molecule is COCC1(CC(C)(F)F)CCCN1C(C)C. The van der Waals surface area contributed by atoms with Gasteiger partial charge in [0.15, 0.2) is 0 Å². The summed E-state index contributed by atoms with van der Waals surface area (Å²) in [4.78, 5) is 2.17. The highest BCUT2D eigenvalue weighted by Crippen LogP contribution is 2.39. The van der Waals surface area contributed by atoms with Crippen molar-refractivity contribution in [3.8, 4) is 0 Å². The number of ether oxygens (including phenoxy) is 1. The van der Waals surface area contributed by atoms with Gasteiger partial charge in [0.1, 0.15) is 0 Å². The van der Waals surface area contributed by atoms with E-state index in [2.05, 4.69) is 18.7 Å². The molecule has 0 spiro atoms. The van der Waals surface area contributed by atoms with Gasteiger partial charge in [-0.15, -0.1) is 0 Å². The van der Waals surface area contributed by atoms with Crippen LogP contribution in [0, 0.1) is 0 Å². The van der Waals surface area contributed by atoms with E-state index in [-0.39, 0.29) is 6.42 Å². The molecule has 0 aliphatic carbocycles. The summed E-state index contributed by atoms with van der Waals surface area (Å²) < 4.78 is 31.8. The van der Waals surface area contributed by atoms with Gasteiger partial charge >= 0.3 is 0 Å². The number of rotatable bonds is 5. The number of halogens is 2. The van der Waals surface area contributed by atoms with Gasteiger partial charge in [-0.1, -0.05) is 0 Å². The summed E-state index contributed by atoms with van der Waals surface area (Å²) in [5, 5.41) is 0. The highest BCUT2D eigenvalue weighted by molar-refractivity contribution is 4.99. The van der Waals surface area contributed by atoms with Gasteiger partial charge in [0.05, 0.1) is 12.1 Å². The van der Waals surface area contributed by atoms with Crippen LogP contribution < -0.4 is 0 Å². The molecule has 1 aliphatic rings. The van der Waals surface area contributed by atoms with E-state index >= 15 is 0 Å². The molecule has 0 aromatic carbocycles. The number of hydrogen-bond acceptors (Lipinski definition) is 2. The number of nitrogens with zero attached hydrogens (tertiary/aromatic N) is 1. The van der Waals surface area contributed by atoms with E-state index in [1.165, 1.54) is 0 Å². The summed E-state index contributed by atoms with van der Waals surface area (Å²) in [5.41, 5.74) is -0.471. The minimum atomic E-state index is -2.63. The molecule has 2 nitrogen and oxygen atoms in total. The fraction of sp³-hybridized carbons (Fsp3) is 1.00. The Bertz CT molecular complexity index is 228. The van der Waals surface area contributed by atoms with Crippen LogP contribution >= 0.6 is 0 Å². The molecule has 4 heteroatoms. The molecule has 0 bridgehead atoms. The lowest BCUT2D eigenvalue weighted by atomic mass is 9.89. The van der Waals surface area contributed by atoms with Crippen molar-refractivity contribution < 1.29 is 13.5 Å². The highest BCUT2D eigenvalue weighted by Gasteiger charge is 2.47. The second kappa shape index (κ2) is 4.96. The van der Waals surface area contributed by atoms with Gasteiger partial charge in [-0.05, 0) is 40.2 Å². The Morgan fingerprint density at radius 1 is 1.44 bits per heavy atom. The lowest BCUT2D eigenvalue weighted by molar-refractivity contribution is -0.0708. The molecule has 96 valence electrons. The summed E-state index contributed by atoms with van der Waals surface area (Å²) in [7, 11) is 1.59. The van der Waals surface area contributed by atoms with Crippen molar-refractivity contribution in [2.24, 2.45) is 0 Å². The van der Waals surface area contributed by atoms with Crippen LogP contribution in [0.3, 0.4) is 0 Å². The Morgan fingerprint density at radius 3 is 2.50 bits per heavy atom. The molecule has 1 saturated heterocycles. The van der Waals surface area contributed by atoms with Gasteiger partial charge in [-0.2, -0.15) is 0 Å². The normalized spacial score (nSPS) is 27.9. The van der Waals surface area contributed by atoms with E-state index in [4.69, 9.17) is 4.74 Å². The quantitative estimate of drug-likeness (QED) is 0.726. The average Bonchev–Trinajstić information content (AvgIpc) is 2.45. The molecule has 0 saturated carbocycles. The molecule has 0 aromatic heterocycles. The first-order valence-corrected chi connectivity index (χ1v) is 5.94. The zero-order valence-electron chi connectivity index (χ0n) is 10.7. The maximum Gasteiger partial charge on any atom is 0.247 e. The maximum atomic E-state index is 13.3. The molecule has 0 amide bonds. The molecule has 1 unspecified atom stereocenters. The van der Waals surface area contributed by atoms with Gasteiger partial charge in [0.2, 0.25) is 5.92 Å². The van der Waals surface area contributed by atoms with Crippen molar-refractivity contribution in [1.82, 2.24) is 4.90 Å². The standard InChI is InChI=1S/C12H23F2NO/c1-10(2)15-7-5-6-12(15,9-16-4)8-11(3,13)14/h10H,5-9H2,1-4H3. The number of methoxy groups -OCH3 is 1. The van der Waals surface area contributed by atoms with Gasteiger partial charge in [-0.25, -0.2) is 8.78 Å². The summed E-state index contributed by atoms with van der Waals surface area (Å²) in [6.45, 7) is 6.42. The van der Waals surface area contributed by atoms with Crippen molar-refractivity contribution in [2.75, 3.05) is 20.3 Å². The van der Waals surface area contributed by atoms with E-state index in [1.807, 2.05) is 0 Å². The number of alkyl halides is 2. The van der Waals surface area contributed by atoms with E-state index < -0.39 is 11.5 Å². The van der Waals surface area contributed by atoms with E-state index in [0.717, 1.165) is 26.3 Å². The fourth-order valence-electron chi connectivity index (χ4n) is 3.01.